The van der Waals surface area contributed by atoms with Gasteiger partial charge in [-0.1, -0.05) is 12.1 Å². The molecule has 1 rings (SSSR count). The summed E-state index contributed by atoms with van der Waals surface area (Å²) in [6.45, 7) is 3.21. The summed E-state index contributed by atoms with van der Waals surface area (Å²) in [5.74, 6) is 0.810. The molecule has 8 nitrogen and oxygen atoms in total. The van der Waals surface area contributed by atoms with Crippen LogP contribution in [0.1, 0.15) is 37.9 Å². The van der Waals surface area contributed by atoms with E-state index in [0.29, 0.717) is 31.3 Å². The zero-order valence-corrected chi connectivity index (χ0v) is 14.1. The van der Waals surface area contributed by atoms with Crippen LogP contribution in [-0.4, -0.2) is 60.7 Å². The van der Waals surface area contributed by atoms with Gasteiger partial charge in [0.1, 0.15) is 0 Å². The molecule has 1 heterocycles. The van der Waals surface area contributed by atoms with Gasteiger partial charge < -0.3 is 19.5 Å². The van der Waals surface area contributed by atoms with Gasteiger partial charge in [0.15, 0.2) is 5.82 Å². The second kappa shape index (κ2) is 10.7. The lowest BCUT2D eigenvalue weighted by molar-refractivity contribution is -0.134. The Bertz CT molecular complexity index is 490. The van der Waals surface area contributed by atoms with E-state index in [1.165, 1.54) is 4.90 Å². The van der Waals surface area contributed by atoms with Crippen molar-refractivity contribution in [1.29, 1.82) is 0 Å². The van der Waals surface area contributed by atoms with Gasteiger partial charge in [0.25, 0.3) is 0 Å². The summed E-state index contributed by atoms with van der Waals surface area (Å²) in [6, 6.07) is 0. The van der Waals surface area contributed by atoms with Crippen molar-refractivity contribution in [1.82, 2.24) is 20.4 Å². The minimum atomic E-state index is -0.181. The highest BCUT2D eigenvalue weighted by molar-refractivity contribution is 5.84. The lowest BCUT2D eigenvalue weighted by Crippen LogP contribution is -2.38. The molecule has 0 spiro atoms. The summed E-state index contributed by atoms with van der Waals surface area (Å²) in [6.07, 6.45) is 3.08. The fraction of sp³-hybridized carbons (Fsp3) is 0.733. The number of hydrogen-bond donors (Lipinski definition) is 1. The van der Waals surface area contributed by atoms with Crippen LogP contribution >= 0.6 is 0 Å². The molecule has 0 aromatic carbocycles. The first-order chi connectivity index (χ1) is 11.1. The minimum Gasteiger partial charge on any atom is -0.385 e. The van der Waals surface area contributed by atoms with E-state index in [0.717, 1.165) is 19.3 Å². The van der Waals surface area contributed by atoms with Crippen molar-refractivity contribution in [2.45, 2.75) is 39.0 Å². The van der Waals surface area contributed by atoms with Crippen molar-refractivity contribution in [3.8, 4) is 0 Å². The molecule has 0 bridgehead atoms. The van der Waals surface area contributed by atoms with Crippen LogP contribution in [0.25, 0.3) is 0 Å². The minimum absolute atomic E-state index is 0.0384. The number of nitrogens with zero attached hydrogens (tertiary/aromatic N) is 3. The molecule has 0 saturated carbocycles. The molecule has 0 aliphatic heterocycles. The number of carbonyl (C=O) groups is 2. The van der Waals surface area contributed by atoms with Crippen molar-refractivity contribution in [2.24, 2.45) is 0 Å². The van der Waals surface area contributed by atoms with E-state index >= 15 is 0 Å². The molecule has 8 heteroatoms. The molecular formula is C15H26N4O4. The summed E-state index contributed by atoms with van der Waals surface area (Å²) in [5.41, 5.74) is 0. The topological polar surface area (TPSA) is 97.6 Å². The molecule has 0 atom stereocenters. The van der Waals surface area contributed by atoms with Gasteiger partial charge in [0.05, 0.1) is 6.54 Å². The van der Waals surface area contributed by atoms with E-state index in [9.17, 15) is 9.59 Å². The largest absolute Gasteiger partial charge is 0.385 e. The van der Waals surface area contributed by atoms with Crippen LogP contribution in [0.15, 0.2) is 4.52 Å². The number of aryl methyl sites for hydroxylation is 2. The van der Waals surface area contributed by atoms with Crippen LogP contribution in [-0.2, 0) is 27.2 Å². The first kappa shape index (κ1) is 19.1. The quantitative estimate of drug-likeness (QED) is 0.597. The van der Waals surface area contributed by atoms with Gasteiger partial charge in [0, 0.05) is 46.6 Å². The van der Waals surface area contributed by atoms with Gasteiger partial charge in [-0.05, 0) is 12.8 Å². The number of methoxy groups -OCH3 is 1. The van der Waals surface area contributed by atoms with E-state index < -0.39 is 0 Å². The average Bonchev–Trinajstić information content (AvgIpc) is 2.97. The number of ether oxygens (including phenoxy) is 1. The van der Waals surface area contributed by atoms with E-state index in [1.807, 2.05) is 6.92 Å². The molecule has 0 saturated heterocycles. The molecule has 2 amide bonds. The predicted octanol–water partition coefficient (Wildman–Crippen LogP) is 0.566. The molecule has 130 valence electrons. The van der Waals surface area contributed by atoms with Crippen LogP contribution in [0.2, 0.25) is 0 Å². The fourth-order valence-electron chi connectivity index (χ4n) is 1.93. The number of aromatic nitrogens is 2. The van der Waals surface area contributed by atoms with Crippen LogP contribution in [0.5, 0.6) is 0 Å². The monoisotopic (exact) mass is 326 g/mol. The zero-order valence-electron chi connectivity index (χ0n) is 14.1. The smallest absolute Gasteiger partial charge is 0.239 e. The summed E-state index contributed by atoms with van der Waals surface area (Å²) >= 11 is 0. The lowest BCUT2D eigenvalue weighted by atomic mass is 10.2. The molecular weight excluding hydrogens is 300 g/mol. The second-order valence-electron chi connectivity index (χ2n) is 5.30. The Hall–Kier alpha value is -1.96. The molecule has 23 heavy (non-hydrogen) atoms. The Labute approximate surface area is 136 Å². The molecule has 0 unspecified atom stereocenters. The first-order valence-electron chi connectivity index (χ1n) is 7.87. The van der Waals surface area contributed by atoms with Crippen LogP contribution in [0.3, 0.4) is 0 Å². The highest BCUT2D eigenvalue weighted by Crippen LogP contribution is 2.04. The van der Waals surface area contributed by atoms with Gasteiger partial charge >= 0.3 is 0 Å². The second-order valence-corrected chi connectivity index (χ2v) is 5.30. The zero-order chi connectivity index (χ0) is 17.1. The van der Waals surface area contributed by atoms with Crippen LogP contribution < -0.4 is 5.32 Å². The highest BCUT2D eigenvalue weighted by Gasteiger charge is 2.14. The third kappa shape index (κ3) is 7.73. The Kier molecular flexibility index (Phi) is 8.89. The molecule has 0 radical (unpaired) electrons. The van der Waals surface area contributed by atoms with E-state index in [4.69, 9.17) is 9.26 Å². The van der Waals surface area contributed by atoms with Gasteiger partial charge in [-0.15, -0.1) is 0 Å². The van der Waals surface area contributed by atoms with E-state index in [1.54, 1.807) is 14.2 Å². The molecule has 0 aliphatic rings. The van der Waals surface area contributed by atoms with Gasteiger partial charge in [-0.25, -0.2) is 0 Å². The molecule has 1 aromatic rings. The number of carbonyl (C=O) groups excluding carboxylic acids is 2. The predicted molar refractivity (Wildman–Crippen MR) is 83.8 cm³/mol. The Balaban J connectivity index is 2.25. The van der Waals surface area contributed by atoms with Crippen molar-refractivity contribution in [3.05, 3.63) is 11.7 Å². The number of hydrogen-bond acceptors (Lipinski definition) is 6. The van der Waals surface area contributed by atoms with Gasteiger partial charge in [-0.3, -0.25) is 9.59 Å². The summed E-state index contributed by atoms with van der Waals surface area (Å²) in [5, 5.41) is 6.58. The maximum absolute atomic E-state index is 12.0. The van der Waals surface area contributed by atoms with Crippen LogP contribution in [0, 0.1) is 0 Å². The van der Waals surface area contributed by atoms with Gasteiger partial charge in [-0.2, -0.15) is 4.98 Å². The van der Waals surface area contributed by atoms with E-state index in [-0.39, 0.29) is 24.8 Å². The maximum atomic E-state index is 12.0. The summed E-state index contributed by atoms with van der Waals surface area (Å²) in [4.78, 5) is 29.3. The van der Waals surface area contributed by atoms with Crippen molar-refractivity contribution in [3.63, 3.8) is 0 Å². The third-order valence-corrected chi connectivity index (χ3v) is 3.19. The Morgan fingerprint density at radius 2 is 2.13 bits per heavy atom. The number of amides is 2. The van der Waals surface area contributed by atoms with Gasteiger partial charge in [0.2, 0.25) is 17.7 Å². The number of rotatable bonds is 11. The highest BCUT2D eigenvalue weighted by atomic mass is 16.5. The average molecular weight is 326 g/mol. The summed E-state index contributed by atoms with van der Waals surface area (Å²) in [7, 11) is 3.22. The summed E-state index contributed by atoms with van der Waals surface area (Å²) < 4.78 is 9.98. The van der Waals surface area contributed by atoms with Crippen molar-refractivity contribution in [2.75, 3.05) is 33.9 Å². The molecule has 1 N–H and O–H groups in total. The SMILES string of the molecule is CCCc1noc(CCC(=O)N(C)CC(=O)NCCCOC)n1. The number of likely N-dealkylation sites (N-methyl/N-ethyl adjacent to an activating group) is 1. The van der Waals surface area contributed by atoms with Crippen molar-refractivity contribution >= 4 is 11.8 Å². The number of nitrogens with one attached hydrogen (secondary N) is 1. The standard InChI is InChI=1S/C15H26N4O4/c1-4-6-12-17-14(23-18-12)7-8-15(21)19(2)11-13(20)16-9-5-10-22-3/h4-11H2,1-3H3,(H,16,20). The Morgan fingerprint density at radius 1 is 1.35 bits per heavy atom. The van der Waals surface area contributed by atoms with Crippen LogP contribution in [0.4, 0.5) is 0 Å². The molecule has 1 aromatic heterocycles. The van der Waals surface area contributed by atoms with Crippen molar-refractivity contribution < 1.29 is 18.8 Å². The van der Waals surface area contributed by atoms with E-state index in [2.05, 4.69) is 15.5 Å². The maximum Gasteiger partial charge on any atom is 0.239 e. The lowest BCUT2D eigenvalue weighted by Gasteiger charge is -2.16. The third-order valence-electron chi connectivity index (χ3n) is 3.19. The first-order valence-corrected chi connectivity index (χ1v) is 7.87. The molecule has 0 aliphatic carbocycles. The molecule has 0 fully saturated rings. The fourth-order valence-corrected chi connectivity index (χ4v) is 1.93. The normalized spacial score (nSPS) is 10.6. The Morgan fingerprint density at radius 3 is 2.83 bits per heavy atom.